The fourth-order valence-corrected chi connectivity index (χ4v) is 7.58. The molecule has 0 aliphatic rings. The van der Waals surface area contributed by atoms with E-state index < -0.39 is 0 Å². The zero-order valence-corrected chi connectivity index (χ0v) is 34.1. The van der Waals surface area contributed by atoms with Crippen molar-refractivity contribution in [2.45, 2.75) is 284 Å². The zero-order chi connectivity index (χ0) is 34.7. The van der Waals surface area contributed by atoms with E-state index >= 15 is 0 Å². The SMILES string of the molecule is C=CCCCCCCCCCCCCCCCCCCCCCC(=CCCCCCCCCCCCCCCCCC)CCCCCC. The first-order chi connectivity index (χ1) is 23.8. The van der Waals surface area contributed by atoms with E-state index in [1.807, 2.05) is 5.57 Å². The van der Waals surface area contributed by atoms with Gasteiger partial charge < -0.3 is 0 Å². The highest BCUT2D eigenvalue weighted by Crippen LogP contribution is 2.21. The van der Waals surface area contributed by atoms with Crippen LogP contribution in [0.2, 0.25) is 0 Å². The Morgan fingerprint density at radius 3 is 0.812 bits per heavy atom. The van der Waals surface area contributed by atoms with Crippen LogP contribution < -0.4 is 0 Å². The molecule has 0 saturated heterocycles. The molecule has 0 radical (unpaired) electrons. The first-order valence-corrected chi connectivity index (χ1v) is 23.1. The van der Waals surface area contributed by atoms with Gasteiger partial charge in [-0.1, -0.05) is 250 Å². The van der Waals surface area contributed by atoms with Crippen LogP contribution in [0.15, 0.2) is 24.3 Å². The van der Waals surface area contributed by atoms with Crippen LogP contribution in [0.5, 0.6) is 0 Å². The second kappa shape index (κ2) is 44.5. The summed E-state index contributed by atoms with van der Waals surface area (Å²) in [4.78, 5) is 0. The van der Waals surface area contributed by atoms with Crippen molar-refractivity contribution in [3.63, 3.8) is 0 Å². The van der Waals surface area contributed by atoms with Crippen molar-refractivity contribution in [2.75, 3.05) is 0 Å². The molecule has 0 heterocycles. The highest BCUT2D eigenvalue weighted by molar-refractivity contribution is 5.02. The highest BCUT2D eigenvalue weighted by atomic mass is 14.1. The fraction of sp³-hybridized carbons (Fsp3) is 0.917. The van der Waals surface area contributed by atoms with Crippen LogP contribution in [0.4, 0.5) is 0 Å². The maximum Gasteiger partial charge on any atom is -0.0320 e. The fourth-order valence-electron chi connectivity index (χ4n) is 7.58. The molecule has 0 atom stereocenters. The third-order valence-electron chi connectivity index (χ3n) is 11.0. The lowest BCUT2D eigenvalue weighted by atomic mass is 9.98. The first-order valence-electron chi connectivity index (χ1n) is 23.1. The van der Waals surface area contributed by atoms with Gasteiger partial charge in [0, 0.05) is 0 Å². The molecule has 286 valence electrons. The molecule has 0 unspecified atom stereocenters. The van der Waals surface area contributed by atoms with Gasteiger partial charge in [0.25, 0.3) is 0 Å². The summed E-state index contributed by atoms with van der Waals surface area (Å²) in [6.45, 7) is 8.47. The predicted molar refractivity (Wildman–Crippen MR) is 224 cm³/mol. The van der Waals surface area contributed by atoms with Crippen LogP contribution in [-0.4, -0.2) is 0 Å². The smallest absolute Gasteiger partial charge is 0.0320 e. The van der Waals surface area contributed by atoms with Crippen molar-refractivity contribution in [3.05, 3.63) is 24.3 Å². The standard InChI is InChI=1S/C48H94/c1-4-7-10-13-15-17-19-21-23-25-26-27-28-29-31-33-35-37-39-41-44-47-48(45-42-12-9-6-3)46-43-40-38-36-34-32-30-24-22-20-18-16-14-11-8-5-2/h4,46H,1,5-45,47H2,2-3H3. The normalized spacial score (nSPS) is 11.9. The van der Waals surface area contributed by atoms with Crippen LogP contribution in [0, 0.1) is 0 Å². The molecule has 0 fully saturated rings. The molecule has 0 bridgehead atoms. The number of rotatable bonds is 43. The highest BCUT2D eigenvalue weighted by Gasteiger charge is 2.01. The van der Waals surface area contributed by atoms with Crippen LogP contribution in [-0.2, 0) is 0 Å². The van der Waals surface area contributed by atoms with Crippen molar-refractivity contribution in [2.24, 2.45) is 0 Å². The van der Waals surface area contributed by atoms with E-state index in [-0.39, 0.29) is 0 Å². The summed E-state index contributed by atoms with van der Waals surface area (Å²) in [5.74, 6) is 0. The lowest BCUT2D eigenvalue weighted by molar-refractivity contribution is 0.522. The molecule has 0 aromatic heterocycles. The van der Waals surface area contributed by atoms with Crippen molar-refractivity contribution in [1.29, 1.82) is 0 Å². The number of hydrogen-bond acceptors (Lipinski definition) is 0. The van der Waals surface area contributed by atoms with Gasteiger partial charge in [0.05, 0.1) is 0 Å². The molecule has 0 amide bonds. The minimum absolute atomic E-state index is 1.21. The van der Waals surface area contributed by atoms with Crippen LogP contribution in [0.25, 0.3) is 0 Å². The molecule has 0 spiro atoms. The van der Waals surface area contributed by atoms with Crippen molar-refractivity contribution < 1.29 is 0 Å². The van der Waals surface area contributed by atoms with E-state index in [0.29, 0.717) is 0 Å². The van der Waals surface area contributed by atoms with Crippen molar-refractivity contribution in [1.82, 2.24) is 0 Å². The number of hydrogen-bond donors (Lipinski definition) is 0. The van der Waals surface area contributed by atoms with Crippen LogP contribution in [0.3, 0.4) is 0 Å². The molecule has 0 aliphatic heterocycles. The maximum atomic E-state index is 3.82. The van der Waals surface area contributed by atoms with E-state index in [1.165, 1.54) is 270 Å². The van der Waals surface area contributed by atoms with Gasteiger partial charge in [-0.05, 0) is 51.4 Å². The van der Waals surface area contributed by atoms with E-state index in [9.17, 15) is 0 Å². The van der Waals surface area contributed by atoms with Gasteiger partial charge in [-0.2, -0.15) is 0 Å². The maximum absolute atomic E-state index is 3.82. The molecule has 0 heteroatoms. The van der Waals surface area contributed by atoms with Crippen molar-refractivity contribution in [3.8, 4) is 0 Å². The average molecular weight is 671 g/mol. The van der Waals surface area contributed by atoms with E-state index in [4.69, 9.17) is 0 Å². The molecular weight excluding hydrogens is 577 g/mol. The zero-order valence-electron chi connectivity index (χ0n) is 34.1. The molecular formula is C48H94. The Bertz CT molecular complexity index is 599. The Morgan fingerprint density at radius 2 is 0.521 bits per heavy atom. The summed E-state index contributed by atoms with van der Waals surface area (Å²) in [5.41, 5.74) is 1.81. The van der Waals surface area contributed by atoms with Crippen LogP contribution >= 0.6 is 0 Å². The quantitative estimate of drug-likeness (QED) is 0.0447. The molecule has 0 N–H and O–H groups in total. The van der Waals surface area contributed by atoms with Gasteiger partial charge in [-0.3, -0.25) is 0 Å². The van der Waals surface area contributed by atoms with E-state index in [0.717, 1.165) is 0 Å². The van der Waals surface area contributed by atoms with Gasteiger partial charge >= 0.3 is 0 Å². The summed E-state index contributed by atoms with van der Waals surface area (Å²) in [6, 6.07) is 0. The Kier molecular flexibility index (Phi) is 44.0. The largest absolute Gasteiger partial charge is 0.103 e. The van der Waals surface area contributed by atoms with Gasteiger partial charge in [0.15, 0.2) is 0 Å². The second-order valence-corrected chi connectivity index (χ2v) is 16.0. The predicted octanol–water partition coefficient (Wildman–Crippen LogP) is 18.5. The minimum atomic E-state index is 1.21. The van der Waals surface area contributed by atoms with E-state index in [2.05, 4.69) is 32.6 Å². The first kappa shape index (κ1) is 47.5. The van der Waals surface area contributed by atoms with Crippen LogP contribution in [0.1, 0.15) is 284 Å². The van der Waals surface area contributed by atoms with Crippen molar-refractivity contribution >= 4 is 0 Å². The van der Waals surface area contributed by atoms with Gasteiger partial charge in [0.2, 0.25) is 0 Å². The topological polar surface area (TPSA) is 0 Å². The minimum Gasteiger partial charge on any atom is -0.103 e. The molecule has 0 saturated carbocycles. The molecule has 0 aliphatic carbocycles. The van der Waals surface area contributed by atoms with Gasteiger partial charge in [-0.15, -0.1) is 6.58 Å². The Balaban J connectivity index is 3.62. The monoisotopic (exact) mass is 671 g/mol. The summed E-state index contributed by atoms with van der Waals surface area (Å²) in [7, 11) is 0. The van der Waals surface area contributed by atoms with Gasteiger partial charge in [0.1, 0.15) is 0 Å². The Hall–Kier alpha value is -0.520. The Labute approximate surface area is 307 Å². The third kappa shape index (κ3) is 41.7. The lowest BCUT2D eigenvalue weighted by Crippen LogP contribution is -1.89. The van der Waals surface area contributed by atoms with E-state index in [1.54, 1.807) is 0 Å². The third-order valence-corrected chi connectivity index (χ3v) is 11.0. The summed E-state index contributed by atoms with van der Waals surface area (Å²) in [6.07, 6.45) is 65.4. The van der Waals surface area contributed by atoms with Gasteiger partial charge in [-0.25, -0.2) is 0 Å². The second-order valence-electron chi connectivity index (χ2n) is 16.0. The summed E-state index contributed by atoms with van der Waals surface area (Å²) >= 11 is 0. The Morgan fingerprint density at radius 1 is 0.292 bits per heavy atom. The molecule has 0 nitrogen and oxygen atoms in total. The molecule has 0 aromatic rings. The number of allylic oxidation sites excluding steroid dienone is 3. The molecule has 0 aromatic carbocycles. The molecule has 48 heavy (non-hydrogen) atoms. The average Bonchev–Trinajstić information content (AvgIpc) is 3.10. The summed E-state index contributed by atoms with van der Waals surface area (Å²) < 4.78 is 0. The summed E-state index contributed by atoms with van der Waals surface area (Å²) in [5, 5.41) is 0. The lowest BCUT2D eigenvalue weighted by Gasteiger charge is -2.09. The number of unbranched alkanes of at least 4 members (excludes halogenated alkanes) is 37. The molecule has 0 rings (SSSR count).